The van der Waals surface area contributed by atoms with E-state index in [4.69, 9.17) is 4.74 Å². The summed E-state index contributed by atoms with van der Waals surface area (Å²) in [5.41, 5.74) is 1.94. The summed E-state index contributed by atoms with van der Waals surface area (Å²) in [7, 11) is 1.40. The van der Waals surface area contributed by atoms with Crippen molar-refractivity contribution in [2.75, 3.05) is 7.11 Å². The lowest BCUT2D eigenvalue weighted by Crippen LogP contribution is -2.14. The Morgan fingerprint density at radius 1 is 1.14 bits per heavy atom. The number of ether oxygens (including phenoxy) is 1. The Hall–Kier alpha value is -1.43. The van der Waals surface area contributed by atoms with E-state index in [1.54, 1.807) is 7.11 Å². The lowest BCUT2D eigenvalue weighted by atomic mass is 10.1. The maximum Gasteiger partial charge on any atom is 0.0765 e. The minimum absolute atomic E-state index is 0.193. The van der Waals surface area contributed by atoms with E-state index >= 15 is 0 Å². The normalized spacial score (nSPS) is 20.5. The summed E-state index contributed by atoms with van der Waals surface area (Å²) in [5.74, 6) is 0. The summed E-state index contributed by atoms with van der Waals surface area (Å²) in [5, 5.41) is 2.93. The fraction of sp³-hybridized carbons (Fsp3) is 0.263. The Labute approximate surface area is 128 Å². The molecule has 21 heavy (non-hydrogen) atoms. The van der Waals surface area contributed by atoms with E-state index in [2.05, 4.69) is 73.7 Å². The van der Waals surface area contributed by atoms with Gasteiger partial charge in [-0.05, 0) is 37.5 Å². The molecular weight excluding hydrogens is 275 g/mol. The molecule has 2 heteroatoms. The highest BCUT2D eigenvalue weighted by molar-refractivity contribution is 7.71. The van der Waals surface area contributed by atoms with E-state index in [0.29, 0.717) is 5.66 Å². The first-order valence-corrected chi connectivity index (χ1v) is 8.84. The summed E-state index contributed by atoms with van der Waals surface area (Å²) in [6, 6.07) is 10.9. The molecule has 2 atom stereocenters. The van der Waals surface area contributed by atoms with E-state index in [1.807, 2.05) is 0 Å². The Kier molecular flexibility index (Phi) is 4.53. The Bertz CT molecular complexity index is 598. The van der Waals surface area contributed by atoms with Crippen molar-refractivity contribution >= 4 is 13.2 Å². The van der Waals surface area contributed by atoms with Gasteiger partial charge in [0, 0.05) is 12.8 Å². The summed E-state index contributed by atoms with van der Waals surface area (Å²) in [4.78, 5) is 0. The second-order valence-corrected chi connectivity index (χ2v) is 7.70. The predicted molar refractivity (Wildman–Crippen MR) is 92.3 cm³/mol. The first-order chi connectivity index (χ1) is 10.3. The van der Waals surface area contributed by atoms with Gasteiger partial charge in [0.05, 0.1) is 6.10 Å². The van der Waals surface area contributed by atoms with Crippen molar-refractivity contribution in [2.45, 2.75) is 25.1 Å². The van der Waals surface area contributed by atoms with Gasteiger partial charge in [-0.2, -0.15) is 0 Å². The van der Waals surface area contributed by atoms with Crippen LogP contribution in [0.4, 0.5) is 0 Å². The van der Waals surface area contributed by atoms with Gasteiger partial charge < -0.3 is 4.74 Å². The summed E-state index contributed by atoms with van der Waals surface area (Å²) in [6.45, 7) is 2.15. The molecule has 0 heterocycles. The molecule has 0 aromatic heterocycles. The average molecular weight is 296 g/mol. The molecule has 0 aliphatic heterocycles. The molecule has 0 radical (unpaired) electrons. The molecule has 0 bridgehead atoms. The van der Waals surface area contributed by atoms with Crippen molar-refractivity contribution < 1.29 is 4.74 Å². The van der Waals surface area contributed by atoms with Crippen LogP contribution in [0.3, 0.4) is 0 Å². The van der Waals surface area contributed by atoms with Gasteiger partial charge in [0.15, 0.2) is 0 Å². The van der Waals surface area contributed by atoms with E-state index in [-0.39, 0.29) is 6.10 Å². The summed E-state index contributed by atoms with van der Waals surface area (Å²) >= 11 is 0. The number of hydrogen-bond donors (Lipinski definition) is 0. The minimum Gasteiger partial charge on any atom is -0.377 e. The highest BCUT2D eigenvalue weighted by Gasteiger charge is 2.28. The zero-order chi connectivity index (χ0) is 14.7. The second kappa shape index (κ2) is 6.56. The molecule has 0 N–H and O–H groups in total. The lowest BCUT2D eigenvalue weighted by Gasteiger charge is -2.26. The van der Waals surface area contributed by atoms with Gasteiger partial charge in [0.25, 0.3) is 0 Å². The number of rotatable bonds is 5. The third kappa shape index (κ3) is 2.95. The SMILES string of the molecule is CO[C@H](C)C1=C(P(c2ccccc2)C2C=CC=C2)C=CC1. The number of hydrogen-bond acceptors (Lipinski definition) is 1. The maximum atomic E-state index is 5.59. The third-order valence-electron chi connectivity index (χ3n) is 4.11. The first-order valence-electron chi connectivity index (χ1n) is 7.43. The van der Waals surface area contributed by atoms with Crippen LogP contribution >= 0.6 is 7.92 Å². The van der Waals surface area contributed by atoms with Crippen LogP contribution in [0.15, 0.2) is 77.7 Å². The van der Waals surface area contributed by atoms with Crippen molar-refractivity contribution in [3.05, 3.63) is 77.7 Å². The van der Waals surface area contributed by atoms with E-state index in [1.165, 1.54) is 16.2 Å². The monoisotopic (exact) mass is 296 g/mol. The highest BCUT2D eigenvalue weighted by Crippen LogP contribution is 2.54. The van der Waals surface area contributed by atoms with Crippen molar-refractivity contribution in [1.82, 2.24) is 0 Å². The van der Waals surface area contributed by atoms with Crippen LogP contribution in [0.1, 0.15) is 13.3 Å². The van der Waals surface area contributed by atoms with Crippen LogP contribution in [0.2, 0.25) is 0 Å². The fourth-order valence-corrected chi connectivity index (χ4v) is 5.74. The predicted octanol–water partition coefficient (Wildman–Crippen LogP) is 4.54. The molecule has 1 nitrogen and oxygen atoms in total. The van der Waals surface area contributed by atoms with Gasteiger partial charge >= 0.3 is 0 Å². The van der Waals surface area contributed by atoms with Crippen molar-refractivity contribution in [3.8, 4) is 0 Å². The molecule has 1 unspecified atom stereocenters. The van der Waals surface area contributed by atoms with Crippen LogP contribution < -0.4 is 5.30 Å². The standard InChI is InChI=1S/C19H21OP/c1-15(20-2)18-13-8-14-19(18)21(17-11-6-7-12-17)16-9-4-3-5-10-16/h3-12,14-15,17H,13H2,1-2H3/t15-,21?/m1/s1. The van der Waals surface area contributed by atoms with Gasteiger partial charge in [0.1, 0.15) is 0 Å². The average Bonchev–Trinajstić information content (AvgIpc) is 3.20. The van der Waals surface area contributed by atoms with Gasteiger partial charge in [-0.15, -0.1) is 0 Å². The molecule has 0 spiro atoms. The summed E-state index contributed by atoms with van der Waals surface area (Å²) in [6.07, 6.45) is 14.8. The molecule has 2 aliphatic rings. The van der Waals surface area contributed by atoms with Crippen molar-refractivity contribution in [2.24, 2.45) is 0 Å². The third-order valence-corrected chi connectivity index (χ3v) is 6.86. The van der Waals surface area contributed by atoms with Crippen LogP contribution in [0.25, 0.3) is 0 Å². The molecule has 0 amide bonds. The molecule has 3 rings (SSSR count). The topological polar surface area (TPSA) is 9.23 Å². The van der Waals surface area contributed by atoms with E-state index in [9.17, 15) is 0 Å². The van der Waals surface area contributed by atoms with E-state index in [0.717, 1.165) is 6.42 Å². The number of methoxy groups -OCH3 is 1. The molecule has 1 aromatic rings. The van der Waals surface area contributed by atoms with Gasteiger partial charge in [0.2, 0.25) is 0 Å². The molecule has 0 saturated carbocycles. The van der Waals surface area contributed by atoms with Crippen LogP contribution in [-0.2, 0) is 4.74 Å². The molecular formula is C19H21OP. The lowest BCUT2D eigenvalue weighted by molar-refractivity contribution is 0.145. The zero-order valence-corrected chi connectivity index (χ0v) is 13.5. The second-order valence-electron chi connectivity index (χ2n) is 5.36. The number of benzene rings is 1. The number of allylic oxidation sites excluding steroid dienone is 7. The summed E-state index contributed by atoms with van der Waals surface area (Å²) < 4.78 is 5.59. The minimum atomic E-state index is -0.396. The zero-order valence-electron chi connectivity index (χ0n) is 12.6. The van der Waals surface area contributed by atoms with Gasteiger partial charge in [-0.3, -0.25) is 0 Å². The van der Waals surface area contributed by atoms with Gasteiger partial charge in [-0.1, -0.05) is 66.8 Å². The van der Waals surface area contributed by atoms with Crippen molar-refractivity contribution in [3.63, 3.8) is 0 Å². The molecule has 0 fully saturated rings. The maximum absolute atomic E-state index is 5.59. The Morgan fingerprint density at radius 3 is 2.52 bits per heavy atom. The first kappa shape index (κ1) is 14.5. The molecule has 108 valence electrons. The molecule has 2 aliphatic carbocycles. The fourth-order valence-electron chi connectivity index (χ4n) is 2.91. The van der Waals surface area contributed by atoms with Crippen LogP contribution in [0, 0.1) is 0 Å². The van der Waals surface area contributed by atoms with Crippen molar-refractivity contribution in [1.29, 1.82) is 0 Å². The smallest absolute Gasteiger partial charge is 0.0765 e. The van der Waals surface area contributed by atoms with Crippen LogP contribution in [-0.4, -0.2) is 18.9 Å². The Balaban J connectivity index is 2.05. The van der Waals surface area contributed by atoms with Gasteiger partial charge in [-0.25, -0.2) is 0 Å². The quantitative estimate of drug-likeness (QED) is 0.725. The highest BCUT2D eigenvalue weighted by atomic mass is 31.1. The van der Waals surface area contributed by atoms with E-state index < -0.39 is 7.92 Å². The largest absolute Gasteiger partial charge is 0.377 e. The molecule has 0 saturated heterocycles. The Morgan fingerprint density at radius 2 is 1.86 bits per heavy atom. The molecule has 1 aromatic carbocycles. The van der Waals surface area contributed by atoms with Crippen LogP contribution in [0.5, 0.6) is 0 Å².